The molecule has 0 spiro atoms. The Balaban J connectivity index is 1.67. The smallest absolute Gasteiger partial charge is 0.161 e. The summed E-state index contributed by atoms with van der Waals surface area (Å²) in [5, 5.41) is 0. The van der Waals surface area contributed by atoms with Gasteiger partial charge in [0.25, 0.3) is 0 Å². The van der Waals surface area contributed by atoms with E-state index >= 15 is 0 Å². The van der Waals surface area contributed by atoms with Gasteiger partial charge in [-0.15, -0.1) is 0 Å². The molecule has 3 rings (SSSR count). The van der Waals surface area contributed by atoms with Gasteiger partial charge >= 0.3 is 0 Å². The minimum absolute atomic E-state index is 0.489. The molecule has 0 radical (unpaired) electrons. The average molecular weight is 348 g/mol. The van der Waals surface area contributed by atoms with Crippen LogP contribution in [-0.4, -0.2) is 14.2 Å². The molecule has 0 aromatic heterocycles. The minimum Gasteiger partial charge on any atom is -0.493 e. The SMILES string of the molecule is COc1ccc(COc2ccccc2CCc2ccccc2)cc1OC. The van der Waals surface area contributed by atoms with Gasteiger partial charge in [-0.2, -0.15) is 0 Å². The number of para-hydroxylation sites is 1. The number of rotatable bonds is 8. The van der Waals surface area contributed by atoms with Crippen LogP contribution in [0.15, 0.2) is 72.8 Å². The van der Waals surface area contributed by atoms with E-state index < -0.39 is 0 Å². The minimum atomic E-state index is 0.489. The third kappa shape index (κ3) is 4.57. The van der Waals surface area contributed by atoms with E-state index in [1.165, 1.54) is 11.1 Å². The highest BCUT2D eigenvalue weighted by Crippen LogP contribution is 2.28. The van der Waals surface area contributed by atoms with Gasteiger partial charge in [0.2, 0.25) is 0 Å². The van der Waals surface area contributed by atoms with E-state index in [2.05, 4.69) is 36.4 Å². The van der Waals surface area contributed by atoms with Crippen LogP contribution in [0.25, 0.3) is 0 Å². The highest BCUT2D eigenvalue weighted by molar-refractivity contribution is 5.43. The Bertz CT molecular complexity index is 828. The Kier molecular flexibility index (Phi) is 6.15. The normalized spacial score (nSPS) is 10.4. The maximum atomic E-state index is 6.09. The van der Waals surface area contributed by atoms with Gasteiger partial charge in [-0.25, -0.2) is 0 Å². The Hall–Kier alpha value is -2.94. The summed E-state index contributed by atoms with van der Waals surface area (Å²) < 4.78 is 16.7. The number of ether oxygens (including phenoxy) is 3. The van der Waals surface area contributed by atoms with Crippen LogP contribution in [0.1, 0.15) is 16.7 Å². The predicted molar refractivity (Wildman–Crippen MR) is 104 cm³/mol. The summed E-state index contributed by atoms with van der Waals surface area (Å²) in [6, 6.07) is 24.6. The average Bonchev–Trinajstić information content (AvgIpc) is 2.71. The fourth-order valence-corrected chi connectivity index (χ4v) is 2.91. The third-order valence-corrected chi connectivity index (χ3v) is 4.34. The maximum absolute atomic E-state index is 6.09. The molecular formula is C23H24O3. The van der Waals surface area contributed by atoms with E-state index in [4.69, 9.17) is 14.2 Å². The Morgan fingerprint density at radius 3 is 2.12 bits per heavy atom. The molecule has 0 heterocycles. The van der Waals surface area contributed by atoms with Gasteiger partial charge < -0.3 is 14.2 Å². The second-order valence-corrected chi connectivity index (χ2v) is 6.07. The fourth-order valence-electron chi connectivity index (χ4n) is 2.91. The van der Waals surface area contributed by atoms with Crippen LogP contribution in [0.5, 0.6) is 17.2 Å². The molecule has 3 heteroatoms. The molecule has 26 heavy (non-hydrogen) atoms. The van der Waals surface area contributed by atoms with Crippen molar-refractivity contribution in [1.29, 1.82) is 0 Å². The van der Waals surface area contributed by atoms with Crippen molar-refractivity contribution in [3.8, 4) is 17.2 Å². The van der Waals surface area contributed by atoms with Crippen molar-refractivity contribution in [3.05, 3.63) is 89.5 Å². The lowest BCUT2D eigenvalue weighted by Gasteiger charge is -2.13. The molecule has 0 bridgehead atoms. The van der Waals surface area contributed by atoms with Gasteiger partial charge in [0, 0.05) is 0 Å². The van der Waals surface area contributed by atoms with E-state index in [1.54, 1.807) is 14.2 Å². The number of hydrogen-bond donors (Lipinski definition) is 0. The molecule has 0 aliphatic rings. The van der Waals surface area contributed by atoms with Gasteiger partial charge in [-0.3, -0.25) is 0 Å². The number of aryl methyl sites for hydroxylation is 2. The van der Waals surface area contributed by atoms with Gasteiger partial charge in [0.1, 0.15) is 12.4 Å². The van der Waals surface area contributed by atoms with Crippen molar-refractivity contribution in [2.24, 2.45) is 0 Å². The van der Waals surface area contributed by atoms with Crippen molar-refractivity contribution in [2.45, 2.75) is 19.4 Å². The zero-order chi connectivity index (χ0) is 18.2. The standard InChI is InChI=1S/C23H24O3/c1-24-22-15-13-19(16-23(22)25-2)17-26-21-11-7-6-10-20(21)14-12-18-8-4-3-5-9-18/h3-11,13,15-16H,12,14,17H2,1-2H3. The highest BCUT2D eigenvalue weighted by Gasteiger charge is 2.07. The van der Waals surface area contributed by atoms with Crippen molar-refractivity contribution in [3.63, 3.8) is 0 Å². The van der Waals surface area contributed by atoms with Crippen molar-refractivity contribution >= 4 is 0 Å². The van der Waals surface area contributed by atoms with E-state index in [0.29, 0.717) is 12.4 Å². The molecule has 0 atom stereocenters. The molecule has 134 valence electrons. The molecule has 0 fully saturated rings. The van der Waals surface area contributed by atoms with Crippen molar-refractivity contribution < 1.29 is 14.2 Å². The van der Waals surface area contributed by atoms with Crippen molar-refractivity contribution in [1.82, 2.24) is 0 Å². The molecule has 0 aliphatic heterocycles. The van der Waals surface area contributed by atoms with Crippen LogP contribution in [0.3, 0.4) is 0 Å². The Morgan fingerprint density at radius 1 is 0.615 bits per heavy atom. The van der Waals surface area contributed by atoms with Crippen LogP contribution < -0.4 is 14.2 Å². The molecule has 0 N–H and O–H groups in total. The van der Waals surface area contributed by atoms with Crippen LogP contribution in [0.2, 0.25) is 0 Å². The summed E-state index contributed by atoms with van der Waals surface area (Å²) in [6.07, 6.45) is 1.95. The lowest BCUT2D eigenvalue weighted by molar-refractivity contribution is 0.300. The Labute approximate surface area is 155 Å². The van der Waals surface area contributed by atoms with Gasteiger partial charge in [0.05, 0.1) is 14.2 Å². The van der Waals surface area contributed by atoms with Gasteiger partial charge in [-0.1, -0.05) is 54.6 Å². The monoisotopic (exact) mass is 348 g/mol. The van der Waals surface area contributed by atoms with E-state index in [0.717, 1.165) is 29.9 Å². The lowest BCUT2D eigenvalue weighted by Crippen LogP contribution is -2.01. The molecule has 3 aromatic carbocycles. The van der Waals surface area contributed by atoms with Gasteiger partial charge in [-0.05, 0) is 47.7 Å². The summed E-state index contributed by atoms with van der Waals surface area (Å²) in [5.74, 6) is 2.36. The molecular weight excluding hydrogens is 324 g/mol. The fraction of sp³-hybridized carbons (Fsp3) is 0.217. The topological polar surface area (TPSA) is 27.7 Å². The highest BCUT2D eigenvalue weighted by atomic mass is 16.5. The van der Waals surface area contributed by atoms with Crippen LogP contribution >= 0.6 is 0 Å². The zero-order valence-electron chi connectivity index (χ0n) is 15.3. The first kappa shape index (κ1) is 17.9. The van der Waals surface area contributed by atoms with Crippen LogP contribution in [0, 0.1) is 0 Å². The predicted octanol–water partition coefficient (Wildman–Crippen LogP) is 5.07. The molecule has 0 aliphatic carbocycles. The molecule has 0 saturated heterocycles. The summed E-state index contributed by atoms with van der Waals surface area (Å²) in [6.45, 7) is 0.489. The van der Waals surface area contributed by atoms with Crippen LogP contribution in [0.4, 0.5) is 0 Å². The summed E-state index contributed by atoms with van der Waals surface area (Å²) in [7, 11) is 3.28. The first-order chi connectivity index (χ1) is 12.8. The lowest BCUT2D eigenvalue weighted by atomic mass is 10.0. The number of hydrogen-bond acceptors (Lipinski definition) is 3. The molecule has 0 unspecified atom stereocenters. The number of benzene rings is 3. The van der Waals surface area contributed by atoms with E-state index in [9.17, 15) is 0 Å². The van der Waals surface area contributed by atoms with E-state index in [-0.39, 0.29) is 0 Å². The largest absolute Gasteiger partial charge is 0.493 e. The molecule has 3 aromatic rings. The van der Waals surface area contributed by atoms with Gasteiger partial charge in [0.15, 0.2) is 11.5 Å². The second-order valence-electron chi connectivity index (χ2n) is 6.07. The maximum Gasteiger partial charge on any atom is 0.161 e. The summed E-state index contributed by atoms with van der Waals surface area (Å²) in [5.41, 5.74) is 3.60. The second kappa shape index (κ2) is 8.95. The number of methoxy groups -OCH3 is 2. The zero-order valence-corrected chi connectivity index (χ0v) is 15.3. The van der Waals surface area contributed by atoms with E-state index in [1.807, 2.05) is 36.4 Å². The van der Waals surface area contributed by atoms with Crippen molar-refractivity contribution in [2.75, 3.05) is 14.2 Å². The summed E-state index contributed by atoms with van der Waals surface area (Å²) in [4.78, 5) is 0. The summed E-state index contributed by atoms with van der Waals surface area (Å²) >= 11 is 0. The quantitative estimate of drug-likeness (QED) is 0.569. The molecule has 0 amide bonds. The molecule has 0 saturated carbocycles. The van der Waals surface area contributed by atoms with Crippen LogP contribution in [-0.2, 0) is 19.4 Å². The molecule has 3 nitrogen and oxygen atoms in total. The first-order valence-electron chi connectivity index (χ1n) is 8.75. The first-order valence-corrected chi connectivity index (χ1v) is 8.75. The third-order valence-electron chi connectivity index (χ3n) is 4.34. The Morgan fingerprint density at radius 2 is 1.35 bits per heavy atom.